The highest BCUT2D eigenvalue weighted by Gasteiger charge is 2.36. The van der Waals surface area contributed by atoms with Crippen molar-refractivity contribution in [3.63, 3.8) is 0 Å². The number of aliphatic hydroxyl groups excluding tert-OH is 1. The van der Waals surface area contributed by atoms with Crippen LogP contribution in [0.5, 0.6) is 0 Å². The topological polar surface area (TPSA) is 103 Å². The van der Waals surface area contributed by atoms with Gasteiger partial charge < -0.3 is 20.7 Å². The van der Waals surface area contributed by atoms with Crippen molar-refractivity contribution in [2.24, 2.45) is 16.6 Å². The number of aliphatic hydroxyl groups is 1. The lowest BCUT2D eigenvalue weighted by Gasteiger charge is -2.40. The van der Waals surface area contributed by atoms with Crippen LogP contribution in [0.4, 0.5) is 5.82 Å². The van der Waals surface area contributed by atoms with Crippen molar-refractivity contribution >= 4 is 11.8 Å². The molecule has 7 heteroatoms. The second-order valence-electron chi connectivity index (χ2n) is 5.87. The molecule has 1 aliphatic carbocycles. The largest absolute Gasteiger partial charge is 0.396 e. The molecule has 0 spiro atoms. The van der Waals surface area contributed by atoms with Crippen molar-refractivity contribution in [3.05, 3.63) is 24.2 Å². The van der Waals surface area contributed by atoms with Crippen molar-refractivity contribution in [1.29, 1.82) is 0 Å². The summed E-state index contributed by atoms with van der Waals surface area (Å²) in [5.74, 6) is 1.29. The smallest absolute Gasteiger partial charge is 0.200 e. The minimum Gasteiger partial charge on any atom is -0.396 e. The molecule has 1 aliphatic heterocycles. The van der Waals surface area contributed by atoms with Crippen LogP contribution in [0.25, 0.3) is 0 Å². The van der Waals surface area contributed by atoms with E-state index in [4.69, 9.17) is 5.73 Å². The Labute approximate surface area is 124 Å². The highest BCUT2D eigenvalue weighted by Crippen LogP contribution is 2.34. The predicted molar refractivity (Wildman–Crippen MR) is 80.8 cm³/mol. The molecule has 0 aromatic carbocycles. The summed E-state index contributed by atoms with van der Waals surface area (Å²) in [6.07, 6.45) is 6.53. The van der Waals surface area contributed by atoms with Crippen LogP contribution in [0.2, 0.25) is 0 Å². The van der Waals surface area contributed by atoms with Crippen LogP contribution < -0.4 is 11.1 Å². The van der Waals surface area contributed by atoms with E-state index in [2.05, 4.69) is 45.1 Å². The standard InChI is InChI=1S/C14H22N6O/c1-8(2)18-13-11-12(17-7-16-11)19-14(15)20(13)10-4-3-9(5-10)6-21/h3-4,7-10,13,18,21H,5-6H2,1-2H3,(H2,15,19)(H,16,17)/t9-,10+,13?/m0/s1. The van der Waals surface area contributed by atoms with Gasteiger partial charge in [0.15, 0.2) is 11.8 Å². The first-order valence-corrected chi connectivity index (χ1v) is 7.31. The molecule has 1 unspecified atom stereocenters. The van der Waals surface area contributed by atoms with Gasteiger partial charge in [-0.15, -0.1) is 0 Å². The quantitative estimate of drug-likeness (QED) is 0.608. The molecule has 2 aliphatic rings. The normalized spacial score (nSPS) is 28.1. The molecule has 1 aromatic heterocycles. The Kier molecular flexibility index (Phi) is 3.69. The van der Waals surface area contributed by atoms with Crippen LogP contribution in [0.1, 0.15) is 32.1 Å². The first-order valence-electron chi connectivity index (χ1n) is 7.31. The van der Waals surface area contributed by atoms with Gasteiger partial charge in [0.05, 0.1) is 18.1 Å². The maximum atomic E-state index is 9.32. The molecule has 0 saturated heterocycles. The van der Waals surface area contributed by atoms with E-state index >= 15 is 0 Å². The number of nitrogens with one attached hydrogen (secondary N) is 2. The number of rotatable bonds is 4. The molecule has 3 atom stereocenters. The fourth-order valence-corrected chi connectivity index (χ4v) is 2.96. The molecular weight excluding hydrogens is 268 g/mol. The van der Waals surface area contributed by atoms with Gasteiger partial charge in [-0.3, -0.25) is 5.32 Å². The first-order chi connectivity index (χ1) is 10.1. The van der Waals surface area contributed by atoms with Gasteiger partial charge in [0.2, 0.25) is 0 Å². The Bertz CT molecular complexity index is 564. The number of nitrogens with zero attached hydrogens (tertiary/aromatic N) is 3. The molecule has 0 amide bonds. The summed E-state index contributed by atoms with van der Waals surface area (Å²) in [6, 6.07) is 0.414. The zero-order chi connectivity index (χ0) is 15.0. The van der Waals surface area contributed by atoms with Crippen molar-refractivity contribution < 1.29 is 5.11 Å². The maximum Gasteiger partial charge on any atom is 0.200 e. The summed E-state index contributed by atoms with van der Waals surface area (Å²) in [4.78, 5) is 13.8. The Morgan fingerprint density at radius 2 is 2.33 bits per heavy atom. The molecule has 0 fully saturated rings. The van der Waals surface area contributed by atoms with Crippen LogP contribution in [0.3, 0.4) is 0 Å². The van der Waals surface area contributed by atoms with Crippen LogP contribution in [0, 0.1) is 5.92 Å². The number of aromatic nitrogens is 2. The van der Waals surface area contributed by atoms with Gasteiger partial charge in [-0.25, -0.2) is 4.98 Å². The molecule has 114 valence electrons. The number of nitrogens with two attached hydrogens (primary N) is 1. The molecule has 0 saturated carbocycles. The Balaban J connectivity index is 1.92. The van der Waals surface area contributed by atoms with Gasteiger partial charge in [-0.05, 0) is 20.3 Å². The van der Waals surface area contributed by atoms with E-state index in [9.17, 15) is 5.11 Å². The van der Waals surface area contributed by atoms with Crippen LogP contribution in [-0.2, 0) is 0 Å². The molecular formula is C14H22N6O. The summed E-state index contributed by atoms with van der Waals surface area (Å²) in [6.45, 7) is 4.35. The summed E-state index contributed by atoms with van der Waals surface area (Å²) < 4.78 is 0. The fraction of sp³-hybridized carbons (Fsp3) is 0.571. The SMILES string of the molecule is CC(C)NC1c2[nH]cnc2N=C(N)N1[C@@H]1C=C[C@H](CO)C1. The van der Waals surface area contributed by atoms with E-state index in [0.29, 0.717) is 17.8 Å². The summed E-state index contributed by atoms with van der Waals surface area (Å²) in [5.41, 5.74) is 7.10. The van der Waals surface area contributed by atoms with Gasteiger partial charge in [-0.2, -0.15) is 4.99 Å². The number of aliphatic imine (C=N–C) groups is 1. The fourth-order valence-electron chi connectivity index (χ4n) is 2.96. The van der Waals surface area contributed by atoms with Crippen molar-refractivity contribution in [2.75, 3.05) is 6.61 Å². The highest BCUT2D eigenvalue weighted by atomic mass is 16.3. The molecule has 0 radical (unpaired) electrons. The Morgan fingerprint density at radius 1 is 1.52 bits per heavy atom. The van der Waals surface area contributed by atoms with E-state index in [-0.39, 0.29) is 24.7 Å². The van der Waals surface area contributed by atoms with Crippen molar-refractivity contribution in [1.82, 2.24) is 20.2 Å². The van der Waals surface area contributed by atoms with E-state index in [1.807, 2.05) is 6.08 Å². The van der Waals surface area contributed by atoms with E-state index < -0.39 is 0 Å². The van der Waals surface area contributed by atoms with Crippen LogP contribution >= 0.6 is 0 Å². The second-order valence-corrected chi connectivity index (χ2v) is 5.87. The number of guanidine groups is 1. The van der Waals surface area contributed by atoms with Gasteiger partial charge in [0, 0.05) is 18.6 Å². The number of H-pyrrole nitrogens is 1. The van der Waals surface area contributed by atoms with Gasteiger partial charge in [-0.1, -0.05) is 12.2 Å². The zero-order valence-corrected chi connectivity index (χ0v) is 12.3. The number of aromatic amines is 1. The monoisotopic (exact) mass is 290 g/mol. The van der Waals surface area contributed by atoms with E-state index in [1.54, 1.807) is 6.33 Å². The summed E-state index contributed by atoms with van der Waals surface area (Å²) >= 11 is 0. The molecule has 7 nitrogen and oxygen atoms in total. The average Bonchev–Trinajstić information content (AvgIpc) is 3.06. The predicted octanol–water partition coefficient (Wildman–Crippen LogP) is 0.605. The highest BCUT2D eigenvalue weighted by molar-refractivity contribution is 5.83. The lowest BCUT2D eigenvalue weighted by molar-refractivity contribution is 0.183. The van der Waals surface area contributed by atoms with E-state index in [0.717, 1.165) is 12.1 Å². The molecule has 2 heterocycles. The van der Waals surface area contributed by atoms with Crippen molar-refractivity contribution in [2.45, 2.75) is 38.5 Å². The number of hydrogen-bond donors (Lipinski definition) is 4. The number of imidazole rings is 1. The summed E-state index contributed by atoms with van der Waals surface area (Å²) in [5, 5.41) is 12.8. The van der Waals surface area contributed by atoms with Crippen LogP contribution in [0.15, 0.2) is 23.5 Å². The molecule has 21 heavy (non-hydrogen) atoms. The lowest BCUT2D eigenvalue weighted by atomic mass is 10.1. The van der Waals surface area contributed by atoms with Gasteiger partial charge in [0.25, 0.3) is 0 Å². The molecule has 3 rings (SSSR count). The maximum absolute atomic E-state index is 9.32. The molecule has 1 aromatic rings. The third kappa shape index (κ3) is 2.54. The number of hydrogen-bond acceptors (Lipinski definition) is 6. The number of fused-ring (bicyclic) bond motifs is 1. The van der Waals surface area contributed by atoms with E-state index in [1.165, 1.54) is 0 Å². The van der Waals surface area contributed by atoms with Gasteiger partial charge >= 0.3 is 0 Å². The van der Waals surface area contributed by atoms with Crippen molar-refractivity contribution in [3.8, 4) is 0 Å². The minimum atomic E-state index is -0.0907. The lowest BCUT2D eigenvalue weighted by Crippen LogP contribution is -2.53. The first kappa shape index (κ1) is 14.1. The molecule has 0 bridgehead atoms. The average molecular weight is 290 g/mol. The minimum absolute atomic E-state index is 0.0907. The summed E-state index contributed by atoms with van der Waals surface area (Å²) in [7, 11) is 0. The Morgan fingerprint density at radius 3 is 3.00 bits per heavy atom. The third-order valence-electron chi connectivity index (χ3n) is 3.92. The second kappa shape index (κ2) is 5.50. The molecule has 5 N–H and O–H groups in total. The zero-order valence-electron chi connectivity index (χ0n) is 12.3. The third-order valence-corrected chi connectivity index (χ3v) is 3.92. The Hall–Kier alpha value is -1.86. The van der Waals surface area contributed by atoms with Gasteiger partial charge in [0.1, 0.15) is 6.17 Å². The van der Waals surface area contributed by atoms with Crippen LogP contribution in [-0.4, -0.2) is 44.6 Å².